The van der Waals surface area contributed by atoms with Crippen molar-refractivity contribution in [2.45, 2.75) is 12.7 Å². The fourth-order valence-corrected chi connectivity index (χ4v) is 2.80. The number of benzene rings is 2. The predicted molar refractivity (Wildman–Crippen MR) is 103 cm³/mol. The number of anilines is 2. The van der Waals surface area contributed by atoms with E-state index in [-0.39, 0.29) is 5.91 Å². The van der Waals surface area contributed by atoms with Crippen LogP contribution < -0.4 is 16.7 Å². The van der Waals surface area contributed by atoms with Crippen LogP contribution in [0.15, 0.2) is 53.5 Å². The first-order valence-corrected chi connectivity index (χ1v) is 8.65. The van der Waals surface area contributed by atoms with E-state index in [1.54, 1.807) is 24.3 Å². The molecule has 0 spiro atoms. The second kappa shape index (κ2) is 8.23. The quantitative estimate of drug-likeness (QED) is 0.521. The maximum Gasteiger partial charge on any atom is 0.490 e. The average molecular weight is 419 g/mol. The van der Waals surface area contributed by atoms with Gasteiger partial charge in [0.15, 0.2) is 0 Å². The summed E-state index contributed by atoms with van der Waals surface area (Å²) in [4.78, 5) is 30.1. The fraction of sp³-hybridized carbons (Fsp3) is 0.158. The summed E-state index contributed by atoms with van der Waals surface area (Å²) in [6.07, 6.45) is -5.08. The number of nitrogens with one attached hydrogen (secondary N) is 1. The molecule has 156 valence electrons. The molecule has 0 unspecified atom stereocenters. The lowest BCUT2D eigenvalue weighted by atomic mass is 10.2. The molecule has 1 aromatic heterocycles. The molecule has 0 aliphatic carbocycles. The number of hydrogen-bond acceptors (Lipinski definition) is 5. The Kier molecular flexibility index (Phi) is 5.72. The van der Waals surface area contributed by atoms with Gasteiger partial charge in [-0.3, -0.25) is 9.36 Å². The largest absolute Gasteiger partial charge is 0.490 e. The molecule has 2 aromatic carbocycles. The number of fused-ring (bicyclic) bond motifs is 3. The van der Waals surface area contributed by atoms with Crippen LogP contribution >= 0.6 is 0 Å². The Morgan fingerprint density at radius 2 is 1.77 bits per heavy atom. The Labute approximate surface area is 167 Å². The fourth-order valence-electron chi connectivity index (χ4n) is 2.80. The highest BCUT2D eigenvalue weighted by Gasteiger charge is 2.38. The molecule has 3 aromatic rings. The minimum absolute atomic E-state index is 0.382. The van der Waals surface area contributed by atoms with Crippen LogP contribution in [0.25, 0.3) is 10.9 Å². The molecule has 4 rings (SSSR count). The highest BCUT2D eigenvalue weighted by atomic mass is 19.4. The minimum atomic E-state index is -5.08. The van der Waals surface area contributed by atoms with Crippen LogP contribution in [-0.2, 0) is 11.3 Å². The average Bonchev–Trinajstić information content (AvgIpc) is 3.18. The van der Waals surface area contributed by atoms with Crippen molar-refractivity contribution in [2.24, 2.45) is 4.99 Å². The normalized spacial score (nSPS) is 13.2. The smallest absolute Gasteiger partial charge is 0.475 e. The van der Waals surface area contributed by atoms with Gasteiger partial charge in [0, 0.05) is 24.2 Å². The van der Waals surface area contributed by atoms with Crippen LogP contribution in [0, 0.1) is 0 Å². The van der Waals surface area contributed by atoms with Crippen LogP contribution in [0.4, 0.5) is 24.7 Å². The van der Waals surface area contributed by atoms with E-state index in [2.05, 4.69) is 15.3 Å². The van der Waals surface area contributed by atoms with Crippen LogP contribution in [0.5, 0.6) is 0 Å². The first kappa shape index (κ1) is 20.8. The van der Waals surface area contributed by atoms with E-state index in [9.17, 15) is 18.0 Å². The third-order valence-corrected chi connectivity index (χ3v) is 4.15. The Morgan fingerprint density at radius 3 is 2.43 bits per heavy atom. The molecule has 0 fully saturated rings. The van der Waals surface area contributed by atoms with Gasteiger partial charge in [-0.1, -0.05) is 24.3 Å². The summed E-state index contributed by atoms with van der Waals surface area (Å²) in [6, 6.07) is 14.7. The SMILES string of the molecule is Nc1ccccc1C(=O)N=c1nc2ccccc2c2n1CCN2.O=C(O)C(F)(F)F. The number of carboxylic acids is 1. The molecule has 8 nitrogen and oxygen atoms in total. The lowest BCUT2D eigenvalue weighted by molar-refractivity contribution is -0.192. The van der Waals surface area contributed by atoms with Gasteiger partial charge in [0.25, 0.3) is 5.91 Å². The molecule has 1 aliphatic rings. The third kappa shape index (κ3) is 4.40. The Hall–Kier alpha value is -3.89. The van der Waals surface area contributed by atoms with E-state index in [0.29, 0.717) is 16.9 Å². The van der Waals surface area contributed by atoms with Crippen LogP contribution in [0.3, 0.4) is 0 Å². The summed E-state index contributed by atoms with van der Waals surface area (Å²) in [6.45, 7) is 1.52. The number of nitrogens with zero attached hydrogens (tertiary/aromatic N) is 3. The highest BCUT2D eigenvalue weighted by Crippen LogP contribution is 2.22. The van der Waals surface area contributed by atoms with Crippen molar-refractivity contribution >= 4 is 34.3 Å². The summed E-state index contributed by atoms with van der Waals surface area (Å²) < 4.78 is 33.7. The summed E-state index contributed by atoms with van der Waals surface area (Å²) in [5.74, 6) is -2.19. The number of rotatable bonds is 1. The lowest BCUT2D eigenvalue weighted by Crippen LogP contribution is -2.25. The number of amides is 1. The zero-order valence-electron chi connectivity index (χ0n) is 15.3. The zero-order chi connectivity index (χ0) is 21.9. The van der Waals surface area contributed by atoms with E-state index in [0.717, 1.165) is 29.8 Å². The predicted octanol–water partition coefficient (Wildman–Crippen LogP) is 2.42. The number of nitrogens with two attached hydrogens (primary N) is 1. The van der Waals surface area contributed by atoms with Crippen molar-refractivity contribution in [2.75, 3.05) is 17.6 Å². The van der Waals surface area contributed by atoms with Gasteiger partial charge in [-0.25, -0.2) is 9.78 Å². The Balaban J connectivity index is 0.000000318. The molecule has 0 saturated heterocycles. The second-order valence-electron chi connectivity index (χ2n) is 6.16. The molecule has 1 amide bonds. The second-order valence-corrected chi connectivity index (χ2v) is 6.16. The molecular weight excluding hydrogens is 403 g/mol. The molecule has 30 heavy (non-hydrogen) atoms. The van der Waals surface area contributed by atoms with Gasteiger partial charge in [0.05, 0.1) is 11.1 Å². The number of carbonyl (C=O) groups excluding carboxylic acids is 1. The number of aromatic nitrogens is 2. The molecule has 1 aliphatic heterocycles. The van der Waals surface area contributed by atoms with Gasteiger partial charge in [-0.05, 0) is 24.3 Å². The van der Waals surface area contributed by atoms with E-state index >= 15 is 0 Å². The van der Waals surface area contributed by atoms with Gasteiger partial charge < -0.3 is 16.2 Å². The summed E-state index contributed by atoms with van der Waals surface area (Å²) >= 11 is 0. The number of halogens is 3. The number of carbonyl (C=O) groups is 2. The van der Waals surface area contributed by atoms with Gasteiger partial charge in [-0.2, -0.15) is 18.2 Å². The van der Waals surface area contributed by atoms with Crippen molar-refractivity contribution < 1.29 is 27.9 Å². The van der Waals surface area contributed by atoms with E-state index < -0.39 is 12.1 Å². The number of alkyl halides is 3. The molecule has 11 heteroatoms. The molecule has 0 bridgehead atoms. The number of para-hydroxylation sites is 2. The highest BCUT2D eigenvalue weighted by molar-refractivity contribution is 5.99. The van der Waals surface area contributed by atoms with Crippen molar-refractivity contribution in [3.8, 4) is 0 Å². The summed E-state index contributed by atoms with van der Waals surface area (Å²) in [5, 5.41) is 11.5. The number of nitrogen functional groups attached to an aromatic ring is 1. The van der Waals surface area contributed by atoms with Crippen molar-refractivity contribution in [1.82, 2.24) is 9.55 Å². The van der Waals surface area contributed by atoms with Gasteiger partial charge in [-0.15, -0.1) is 0 Å². The van der Waals surface area contributed by atoms with Gasteiger partial charge in [0.2, 0.25) is 5.62 Å². The number of aliphatic carboxylic acids is 1. The van der Waals surface area contributed by atoms with Crippen molar-refractivity contribution in [1.29, 1.82) is 0 Å². The summed E-state index contributed by atoms with van der Waals surface area (Å²) in [7, 11) is 0. The van der Waals surface area contributed by atoms with E-state index in [4.69, 9.17) is 15.6 Å². The monoisotopic (exact) mass is 419 g/mol. The Morgan fingerprint density at radius 1 is 1.13 bits per heavy atom. The number of hydrogen-bond donors (Lipinski definition) is 3. The molecule has 0 atom stereocenters. The van der Waals surface area contributed by atoms with Crippen LogP contribution in [0.1, 0.15) is 10.4 Å². The van der Waals surface area contributed by atoms with Crippen LogP contribution in [0.2, 0.25) is 0 Å². The number of carboxylic acid groups (broad SMARTS) is 1. The summed E-state index contributed by atoms with van der Waals surface area (Å²) in [5.41, 5.74) is 7.87. The van der Waals surface area contributed by atoms with Crippen molar-refractivity contribution in [3.05, 3.63) is 59.7 Å². The topological polar surface area (TPSA) is 123 Å². The molecule has 0 radical (unpaired) electrons. The first-order valence-electron chi connectivity index (χ1n) is 8.65. The molecule has 0 saturated carbocycles. The lowest BCUT2D eigenvalue weighted by Gasteiger charge is -2.08. The zero-order valence-corrected chi connectivity index (χ0v) is 15.3. The van der Waals surface area contributed by atoms with Gasteiger partial charge >= 0.3 is 12.1 Å². The van der Waals surface area contributed by atoms with Crippen molar-refractivity contribution in [3.63, 3.8) is 0 Å². The van der Waals surface area contributed by atoms with Gasteiger partial charge in [0.1, 0.15) is 5.82 Å². The maximum atomic E-state index is 12.5. The molecule has 2 heterocycles. The third-order valence-electron chi connectivity index (χ3n) is 4.15. The van der Waals surface area contributed by atoms with Crippen LogP contribution in [-0.4, -0.2) is 39.3 Å². The minimum Gasteiger partial charge on any atom is -0.475 e. The van der Waals surface area contributed by atoms with E-state index in [1.807, 2.05) is 28.8 Å². The van der Waals surface area contributed by atoms with E-state index in [1.165, 1.54) is 0 Å². The molecule has 4 N–H and O–H groups in total. The maximum absolute atomic E-state index is 12.5. The molecular formula is C19H16F3N5O3. The Bertz CT molecular complexity index is 1190. The first-order chi connectivity index (χ1) is 14.2. The standard InChI is InChI=1S/C17H15N5O.C2HF3O2/c18-13-7-3-1-5-11(13)16(23)21-17-20-14-8-4-2-6-12(14)15-19-9-10-22(15)17;3-2(4,5)1(6)7/h1-8,19H,9-10,18H2;(H,6,7).